The molecular weight excluding hydrogens is 222 g/mol. The van der Waals surface area contributed by atoms with Crippen LogP contribution in [0.25, 0.3) is 0 Å². The molecule has 0 saturated heterocycles. The number of hydrogen-bond acceptors (Lipinski definition) is 4. The van der Waals surface area contributed by atoms with Crippen LogP contribution in [0.4, 0.5) is 0 Å². The van der Waals surface area contributed by atoms with Crippen LogP contribution in [0.2, 0.25) is 0 Å². The molecule has 0 aliphatic carbocycles. The summed E-state index contributed by atoms with van der Waals surface area (Å²) in [5.74, 6) is -0.503. The maximum Gasteiger partial charge on any atom is 0.305 e. The van der Waals surface area contributed by atoms with Gasteiger partial charge in [0.25, 0.3) is 0 Å². The lowest BCUT2D eigenvalue weighted by molar-refractivity contribution is -0.873. The van der Waals surface area contributed by atoms with Gasteiger partial charge in [-0.3, -0.25) is 9.59 Å². The fourth-order valence-electron chi connectivity index (χ4n) is 1.45. The number of methoxy groups -OCH3 is 1. The van der Waals surface area contributed by atoms with Gasteiger partial charge < -0.3 is 14.0 Å². The minimum absolute atomic E-state index is 0.228. The maximum atomic E-state index is 11.3. The van der Waals surface area contributed by atoms with E-state index in [-0.39, 0.29) is 24.5 Å². The van der Waals surface area contributed by atoms with E-state index in [1.807, 2.05) is 21.1 Å². The lowest BCUT2D eigenvalue weighted by Crippen LogP contribution is -2.43. The zero-order valence-corrected chi connectivity index (χ0v) is 11.5. The van der Waals surface area contributed by atoms with Gasteiger partial charge in [0.2, 0.25) is 0 Å². The predicted octanol–water partition coefficient (Wildman–Crippen LogP) is 0.968. The number of esters is 2. The molecule has 0 aliphatic heterocycles. The molecular formula is C12H24NO4+. The molecule has 0 saturated carbocycles. The highest BCUT2D eigenvalue weighted by atomic mass is 16.5. The molecule has 0 fully saturated rings. The summed E-state index contributed by atoms with van der Waals surface area (Å²) in [5.41, 5.74) is 0. The van der Waals surface area contributed by atoms with Gasteiger partial charge in [-0.1, -0.05) is 6.92 Å². The van der Waals surface area contributed by atoms with Crippen molar-refractivity contribution < 1.29 is 23.5 Å². The number of carbonyl (C=O) groups excluding carboxylic acids is 2. The van der Waals surface area contributed by atoms with Crippen molar-refractivity contribution in [1.29, 1.82) is 0 Å². The van der Waals surface area contributed by atoms with Crippen molar-refractivity contribution in [1.82, 2.24) is 0 Å². The lowest BCUT2D eigenvalue weighted by Gasteiger charge is -2.28. The Morgan fingerprint density at radius 1 is 1.18 bits per heavy atom. The van der Waals surface area contributed by atoms with Gasteiger partial charge in [-0.25, -0.2) is 0 Å². The van der Waals surface area contributed by atoms with E-state index in [0.717, 1.165) is 0 Å². The minimum Gasteiger partial charge on any atom is -0.469 e. The van der Waals surface area contributed by atoms with Crippen LogP contribution >= 0.6 is 0 Å². The van der Waals surface area contributed by atoms with Crippen LogP contribution in [0.3, 0.4) is 0 Å². The molecule has 17 heavy (non-hydrogen) atoms. The Hall–Kier alpha value is -1.10. The van der Waals surface area contributed by atoms with Gasteiger partial charge in [0.1, 0.15) is 6.54 Å². The highest BCUT2D eigenvalue weighted by Gasteiger charge is 2.22. The lowest BCUT2D eigenvalue weighted by atomic mass is 10.1. The number of nitrogens with zero attached hydrogens (tertiary/aromatic N) is 1. The van der Waals surface area contributed by atoms with Crippen molar-refractivity contribution in [2.45, 2.75) is 32.3 Å². The van der Waals surface area contributed by atoms with Crippen LogP contribution in [-0.2, 0) is 19.1 Å². The summed E-state index contributed by atoms with van der Waals surface area (Å²) in [4.78, 5) is 22.3. The van der Waals surface area contributed by atoms with E-state index in [1.165, 1.54) is 7.11 Å². The Morgan fingerprint density at radius 3 is 2.18 bits per heavy atom. The van der Waals surface area contributed by atoms with Crippen LogP contribution in [0.15, 0.2) is 0 Å². The summed E-state index contributed by atoms with van der Waals surface area (Å²) in [6.45, 7) is 2.44. The molecule has 100 valence electrons. The number of hydrogen-bond donors (Lipinski definition) is 0. The van der Waals surface area contributed by atoms with Crippen molar-refractivity contribution in [3.8, 4) is 0 Å². The monoisotopic (exact) mass is 246 g/mol. The Bertz CT molecular complexity index is 258. The zero-order valence-electron chi connectivity index (χ0n) is 11.5. The van der Waals surface area contributed by atoms with E-state index in [0.29, 0.717) is 23.9 Å². The van der Waals surface area contributed by atoms with Gasteiger partial charge in [0.15, 0.2) is 6.10 Å². The Kier molecular flexibility index (Phi) is 6.80. The fourth-order valence-corrected chi connectivity index (χ4v) is 1.45. The topological polar surface area (TPSA) is 52.6 Å². The summed E-state index contributed by atoms with van der Waals surface area (Å²) in [6.07, 6.45) is 0.902. The second kappa shape index (κ2) is 7.27. The second-order valence-corrected chi connectivity index (χ2v) is 5.05. The SMILES string of the molecule is CCC(=O)OC(CCC(=O)OC)C[N+](C)(C)C. The maximum absolute atomic E-state index is 11.3. The third kappa shape index (κ3) is 8.68. The predicted molar refractivity (Wildman–Crippen MR) is 64.3 cm³/mol. The van der Waals surface area contributed by atoms with Crippen molar-refractivity contribution in [2.75, 3.05) is 34.8 Å². The van der Waals surface area contributed by atoms with E-state index in [9.17, 15) is 9.59 Å². The molecule has 1 atom stereocenters. The smallest absolute Gasteiger partial charge is 0.305 e. The van der Waals surface area contributed by atoms with Gasteiger partial charge in [0.05, 0.1) is 28.3 Å². The molecule has 0 aliphatic rings. The normalized spacial score (nSPS) is 13.0. The second-order valence-electron chi connectivity index (χ2n) is 5.05. The summed E-state index contributed by atoms with van der Waals surface area (Å²) in [7, 11) is 7.41. The number of ether oxygens (including phenoxy) is 2. The third-order valence-electron chi connectivity index (χ3n) is 2.24. The highest BCUT2D eigenvalue weighted by Crippen LogP contribution is 2.09. The van der Waals surface area contributed by atoms with Crippen LogP contribution in [-0.4, -0.2) is 57.3 Å². The zero-order chi connectivity index (χ0) is 13.5. The largest absolute Gasteiger partial charge is 0.469 e. The third-order valence-corrected chi connectivity index (χ3v) is 2.24. The molecule has 0 bridgehead atoms. The Balaban J connectivity index is 4.30. The summed E-state index contributed by atoms with van der Waals surface area (Å²) >= 11 is 0. The first-order valence-corrected chi connectivity index (χ1v) is 5.85. The average Bonchev–Trinajstić information content (AvgIpc) is 2.23. The van der Waals surface area contributed by atoms with Crippen molar-refractivity contribution in [2.24, 2.45) is 0 Å². The first kappa shape index (κ1) is 15.9. The van der Waals surface area contributed by atoms with Gasteiger partial charge in [-0.05, 0) is 0 Å². The molecule has 5 nitrogen and oxygen atoms in total. The van der Waals surface area contributed by atoms with E-state index in [4.69, 9.17) is 4.74 Å². The summed E-state index contributed by atoms with van der Waals surface area (Å²) < 4.78 is 10.6. The van der Waals surface area contributed by atoms with Crippen molar-refractivity contribution in [3.63, 3.8) is 0 Å². The number of quaternary nitrogens is 1. The standard InChI is InChI=1S/C12H24NO4/c1-6-11(14)17-10(9-13(2,3)4)7-8-12(15)16-5/h10H,6-9H2,1-5H3/q+1. The minimum atomic E-state index is -0.274. The summed E-state index contributed by atoms with van der Waals surface area (Å²) in [6, 6.07) is 0. The Morgan fingerprint density at radius 2 is 1.76 bits per heavy atom. The molecule has 1 unspecified atom stereocenters. The van der Waals surface area contributed by atoms with E-state index < -0.39 is 0 Å². The fraction of sp³-hybridized carbons (Fsp3) is 0.833. The molecule has 0 rings (SSSR count). The molecule has 0 spiro atoms. The van der Waals surface area contributed by atoms with Crippen LogP contribution in [0, 0.1) is 0 Å². The quantitative estimate of drug-likeness (QED) is 0.496. The molecule has 0 heterocycles. The molecule has 0 aromatic heterocycles. The van der Waals surface area contributed by atoms with Gasteiger partial charge >= 0.3 is 11.9 Å². The Labute approximate surface area is 103 Å². The number of likely N-dealkylation sites (N-methyl/N-ethyl adjacent to an activating group) is 1. The van der Waals surface area contributed by atoms with Crippen LogP contribution in [0.5, 0.6) is 0 Å². The van der Waals surface area contributed by atoms with Crippen molar-refractivity contribution >= 4 is 11.9 Å². The highest BCUT2D eigenvalue weighted by molar-refractivity contribution is 5.70. The molecule has 0 aromatic carbocycles. The average molecular weight is 246 g/mol. The van der Waals surface area contributed by atoms with Gasteiger partial charge in [-0.2, -0.15) is 0 Å². The number of rotatable bonds is 7. The number of carbonyl (C=O) groups is 2. The first-order chi connectivity index (χ1) is 7.78. The molecule has 0 N–H and O–H groups in total. The van der Waals surface area contributed by atoms with Gasteiger partial charge in [-0.15, -0.1) is 0 Å². The van der Waals surface area contributed by atoms with Crippen LogP contribution in [0.1, 0.15) is 26.2 Å². The summed E-state index contributed by atoms with van der Waals surface area (Å²) in [5, 5.41) is 0. The van der Waals surface area contributed by atoms with Gasteiger partial charge in [0, 0.05) is 19.3 Å². The van der Waals surface area contributed by atoms with E-state index >= 15 is 0 Å². The molecule has 0 radical (unpaired) electrons. The van der Waals surface area contributed by atoms with Crippen LogP contribution < -0.4 is 0 Å². The molecule has 0 amide bonds. The van der Waals surface area contributed by atoms with E-state index in [2.05, 4.69) is 4.74 Å². The van der Waals surface area contributed by atoms with E-state index in [1.54, 1.807) is 6.92 Å². The molecule has 0 aromatic rings. The first-order valence-electron chi connectivity index (χ1n) is 5.85. The van der Waals surface area contributed by atoms with Crippen molar-refractivity contribution in [3.05, 3.63) is 0 Å². The molecule has 5 heteroatoms.